The molecule has 0 saturated carbocycles. The maximum atomic E-state index is 8.52. The number of nitrogens with zero attached hydrogens (tertiary/aromatic N) is 6. The Morgan fingerprint density at radius 1 is 1.03 bits per heavy atom. The third-order valence-corrected chi connectivity index (χ3v) is 4.05. The van der Waals surface area contributed by atoms with Crippen molar-refractivity contribution in [3.05, 3.63) is 94.3 Å². The van der Waals surface area contributed by atoms with Crippen molar-refractivity contribution in [1.82, 2.24) is 9.97 Å². The fraction of sp³-hybridized carbons (Fsp3) is 0.250. The molecule has 0 saturated heterocycles. The van der Waals surface area contributed by atoms with E-state index in [0.717, 1.165) is 40.1 Å². The van der Waals surface area contributed by atoms with Gasteiger partial charge in [0.15, 0.2) is 6.20 Å². The maximum Gasteiger partial charge on any atom is 0.220 e. The molecule has 2 aromatic rings. The second-order valence-electron chi connectivity index (χ2n) is 6.28. The average molecular weight is 394 g/mol. The van der Waals surface area contributed by atoms with E-state index in [2.05, 4.69) is 25.7 Å². The summed E-state index contributed by atoms with van der Waals surface area (Å²) in [5, 5.41) is 16.9. The van der Waals surface area contributed by atoms with Crippen molar-refractivity contribution in [2.24, 2.45) is 0 Å². The van der Waals surface area contributed by atoms with Crippen molar-refractivity contribution in [3.8, 4) is 12.1 Å². The van der Waals surface area contributed by atoms with Gasteiger partial charge in [0.25, 0.3) is 0 Å². The summed E-state index contributed by atoms with van der Waals surface area (Å²) in [4.78, 5) is 14.9. The Bertz CT molecular complexity index is 948. The van der Waals surface area contributed by atoms with Crippen molar-refractivity contribution < 1.29 is 0 Å². The van der Waals surface area contributed by atoms with Crippen LogP contribution in [0.2, 0.25) is 0 Å². The number of hydrogen-bond acceptors (Lipinski definition) is 4. The van der Waals surface area contributed by atoms with Gasteiger partial charge in [-0.05, 0) is 54.7 Å². The Balaban J connectivity index is 0.000000303. The predicted octanol–water partition coefficient (Wildman–Crippen LogP) is 5.29. The van der Waals surface area contributed by atoms with Gasteiger partial charge in [-0.3, -0.25) is 9.97 Å². The van der Waals surface area contributed by atoms with Crippen molar-refractivity contribution in [2.45, 2.75) is 33.1 Å². The highest BCUT2D eigenvalue weighted by Gasteiger charge is 1.99. The highest BCUT2D eigenvalue weighted by Crippen LogP contribution is 2.16. The second-order valence-corrected chi connectivity index (χ2v) is 6.28. The largest absolute Gasteiger partial charge is 0.317 e. The molecular weight excluding hydrogens is 372 g/mol. The van der Waals surface area contributed by atoms with Gasteiger partial charge in [0.05, 0.1) is 30.8 Å². The van der Waals surface area contributed by atoms with E-state index >= 15 is 0 Å². The molecule has 0 N–H and O–H groups in total. The highest BCUT2D eigenvalue weighted by molar-refractivity contribution is 5.67. The van der Waals surface area contributed by atoms with Crippen LogP contribution in [0, 0.1) is 35.8 Å². The molecule has 0 radical (unpaired) electrons. The Morgan fingerprint density at radius 2 is 1.83 bits per heavy atom. The molecule has 0 aliphatic heterocycles. The first-order chi connectivity index (χ1) is 14.5. The molecule has 0 unspecified atom stereocenters. The number of aromatic nitrogens is 2. The van der Waals surface area contributed by atoms with E-state index < -0.39 is 0 Å². The average Bonchev–Trinajstić information content (AvgIpc) is 2.78. The van der Waals surface area contributed by atoms with E-state index in [1.807, 2.05) is 44.2 Å². The first-order valence-electron chi connectivity index (χ1n) is 9.26. The van der Waals surface area contributed by atoms with Crippen LogP contribution in [0.1, 0.15) is 42.8 Å². The molecule has 6 heteroatoms. The van der Waals surface area contributed by atoms with Gasteiger partial charge in [-0.1, -0.05) is 12.1 Å². The first kappa shape index (κ1) is 23.8. The highest BCUT2D eigenvalue weighted by atomic mass is 14.7. The van der Waals surface area contributed by atoms with Gasteiger partial charge in [0.2, 0.25) is 6.54 Å². The van der Waals surface area contributed by atoms with Crippen LogP contribution >= 0.6 is 0 Å². The minimum absolute atomic E-state index is 0.491. The molecule has 0 amide bonds. The lowest BCUT2D eigenvalue weighted by Gasteiger charge is -2.02. The second kappa shape index (κ2) is 13.8. The quantitative estimate of drug-likeness (QED) is 0.492. The van der Waals surface area contributed by atoms with Crippen LogP contribution in [-0.2, 0) is 12.8 Å². The van der Waals surface area contributed by atoms with Gasteiger partial charge in [-0.2, -0.15) is 10.5 Å². The lowest BCUT2D eigenvalue weighted by Crippen LogP contribution is -1.93. The summed E-state index contributed by atoms with van der Waals surface area (Å²) >= 11 is 0. The lowest BCUT2D eigenvalue weighted by molar-refractivity contribution is 0.954. The molecule has 2 rings (SSSR count). The number of nitriles is 2. The minimum atomic E-state index is 0.491. The molecule has 0 fully saturated rings. The third kappa shape index (κ3) is 8.62. The molecule has 0 aromatic carbocycles. The molecule has 2 heterocycles. The Kier molecular flexibility index (Phi) is 11.0. The zero-order valence-electron chi connectivity index (χ0n) is 17.1. The SMILES string of the molecule is [C-]#[N+]/C=C(\C)c1ccc(/C(C)=C/C#N)cn1.[C-]#[N+]CCc1ccc(CCC#N)cn1. The fourth-order valence-corrected chi connectivity index (χ4v) is 2.33. The van der Waals surface area contributed by atoms with Gasteiger partial charge in [-0.15, -0.1) is 0 Å². The summed E-state index contributed by atoms with van der Waals surface area (Å²) < 4.78 is 0. The van der Waals surface area contributed by atoms with E-state index in [1.54, 1.807) is 12.4 Å². The van der Waals surface area contributed by atoms with E-state index in [0.29, 0.717) is 19.4 Å². The third-order valence-electron chi connectivity index (χ3n) is 4.05. The Morgan fingerprint density at radius 3 is 2.37 bits per heavy atom. The van der Waals surface area contributed by atoms with E-state index in [9.17, 15) is 0 Å². The van der Waals surface area contributed by atoms with E-state index in [1.165, 1.54) is 12.3 Å². The van der Waals surface area contributed by atoms with Crippen molar-refractivity contribution in [3.63, 3.8) is 0 Å². The molecule has 0 aliphatic carbocycles. The maximum absolute atomic E-state index is 8.52. The van der Waals surface area contributed by atoms with Gasteiger partial charge >= 0.3 is 0 Å². The molecule has 0 bridgehead atoms. The minimum Gasteiger partial charge on any atom is -0.317 e. The summed E-state index contributed by atoms with van der Waals surface area (Å²) in [6, 6.07) is 11.7. The Labute approximate surface area is 178 Å². The number of hydrogen-bond donors (Lipinski definition) is 0. The zero-order chi connectivity index (χ0) is 22.2. The summed E-state index contributed by atoms with van der Waals surface area (Å²) in [5.41, 5.74) is 5.45. The topological polar surface area (TPSA) is 82.1 Å². The van der Waals surface area contributed by atoms with Crippen molar-refractivity contribution in [1.29, 1.82) is 10.5 Å². The van der Waals surface area contributed by atoms with Gasteiger partial charge < -0.3 is 4.85 Å². The van der Waals surface area contributed by atoms with Crippen LogP contribution in [0.5, 0.6) is 0 Å². The normalized spacial score (nSPS) is 10.5. The molecule has 30 heavy (non-hydrogen) atoms. The lowest BCUT2D eigenvalue weighted by atomic mass is 10.1. The molecule has 6 nitrogen and oxygen atoms in total. The predicted molar refractivity (Wildman–Crippen MR) is 117 cm³/mol. The van der Waals surface area contributed by atoms with Crippen LogP contribution in [-0.4, -0.2) is 16.5 Å². The standard InChI is InChI=1S/C13H11N3.C11H11N3/c1-10(6-7-14)12-4-5-13(16-9-12)11(2)8-15-3;1-13-8-6-11-5-4-10(9-14-11)3-2-7-12/h4-6,8-9H,1-2H3;4-5,9H,2-3,6,8H2/b10-6+,11-8+;. The zero-order valence-corrected chi connectivity index (χ0v) is 17.1. The fourth-order valence-electron chi connectivity index (χ4n) is 2.33. The van der Waals surface area contributed by atoms with Gasteiger partial charge in [0.1, 0.15) is 0 Å². The number of rotatable bonds is 6. The molecule has 0 atom stereocenters. The molecule has 0 aliphatic rings. The van der Waals surface area contributed by atoms with Crippen LogP contribution in [0.25, 0.3) is 20.8 Å². The van der Waals surface area contributed by atoms with Crippen LogP contribution < -0.4 is 0 Å². The smallest absolute Gasteiger partial charge is 0.220 e. The summed E-state index contributed by atoms with van der Waals surface area (Å²) in [6.45, 7) is 17.6. The number of allylic oxidation sites excluding steroid dienone is 3. The van der Waals surface area contributed by atoms with E-state index in [-0.39, 0.29) is 0 Å². The number of aryl methyl sites for hydroxylation is 1. The number of pyridine rings is 2. The summed E-state index contributed by atoms with van der Waals surface area (Å²) in [5.74, 6) is 0. The van der Waals surface area contributed by atoms with Gasteiger partial charge in [-0.25, -0.2) is 11.4 Å². The molecule has 2 aromatic heterocycles. The molecule has 148 valence electrons. The monoisotopic (exact) mass is 394 g/mol. The molecular formula is C24H22N6. The van der Waals surface area contributed by atoms with E-state index in [4.69, 9.17) is 23.7 Å². The van der Waals surface area contributed by atoms with Crippen LogP contribution in [0.4, 0.5) is 0 Å². The van der Waals surface area contributed by atoms with Gasteiger partial charge in [0, 0.05) is 30.6 Å². The van der Waals surface area contributed by atoms with Crippen molar-refractivity contribution in [2.75, 3.05) is 6.54 Å². The van der Waals surface area contributed by atoms with Crippen molar-refractivity contribution >= 4 is 11.1 Å². The van der Waals surface area contributed by atoms with Crippen LogP contribution in [0.15, 0.2) is 48.9 Å². The Hall–Kier alpha value is -4.26. The first-order valence-corrected chi connectivity index (χ1v) is 9.26. The summed E-state index contributed by atoms with van der Waals surface area (Å²) in [6.07, 6.45) is 8.42. The summed E-state index contributed by atoms with van der Waals surface area (Å²) in [7, 11) is 0. The van der Waals surface area contributed by atoms with Crippen LogP contribution in [0.3, 0.4) is 0 Å². The molecule has 0 spiro atoms.